The molecule has 1 heterocycles. The topological polar surface area (TPSA) is 22.1 Å². The van der Waals surface area contributed by atoms with Crippen molar-refractivity contribution in [2.45, 2.75) is 18.4 Å². The molecule has 0 radical (unpaired) electrons. The van der Waals surface area contributed by atoms with E-state index in [0.29, 0.717) is 6.20 Å². The van der Waals surface area contributed by atoms with E-state index < -0.39 is 35.3 Å². The SMILES string of the molecule is FC(F)(F)Oc1cnc(I)c(CCl)c1C(F)(F)F. The van der Waals surface area contributed by atoms with E-state index in [9.17, 15) is 26.3 Å². The molecule has 0 aliphatic carbocycles. The van der Waals surface area contributed by atoms with Gasteiger partial charge >= 0.3 is 12.5 Å². The Morgan fingerprint density at radius 3 is 2.17 bits per heavy atom. The smallest absolute Gasteiger partial charge is 0.403 e. The summed E-state index contributed by atoms with van der Waals surface area (Å²) in [6.45, 7) is 0. The zero-order valence-electron chi connectivity index (χ0n) is 8.16. The normalized spacial score (nSPS) is 12.7. The van der Waals surface area contributed by atoms with Gasteiger partial charge in [-0.2, -0.15) is 13.2 Å². The largest absolute Gasteiger partial charge is 0.573 e. The van der Waals surface area contributed by atoms with Crippen LogP contribution in [0.4, 0.5) is 26.3 Å². The molecular weight excluding hydrogens is 402 g/mol. The van der Waals surface area contributed by atoms with Gasteiger partial charge in [0.25, 0.3) is 0 Å². The third-order valence-electron chi connectivity index (χ3n) is 1.74. The van der Waals surface area contributed by atoms with Gasteiger partial charge in [0.05, 0.1) is 12.1 Å². The molecule has 0 atom stereocenters. The second kappa shape index (κ2) is 5.27. The van der Waals surface area contributed by atoms with Crippen molar-refractivity contribution < 1.29 is 31.1 Å². The lowest BCUT2D eigenvalue weighted by molar-refractivity contribution is -0.276. The van der Waals surface area contributed by atoms with Crippen LogP contribution >= 0.6 is 34.2 Å². The van der Waals surface area contributed by atoms with Gasteiger partial charge in [-0.1, -0.05) is 0 Å². The van der Waals surface area contributed by atoms with E-state index in [4.69, 9.17) is 11.6 Å². The first-order valence-corrected chi connectivity index (χ1v) is 5.74. The molecule has 0 unspecified atom stereocenters. The summed E-state index contributed by atoms with van der Waals surface area (Å²) in [5.74, 6) is -2.04. The van der Waals surface area contributed by atoms with Crippen LogP contribution in [0.5, 0.6) is 5.75 Å². The Morgan fingerprint density at radius 2 is 1.78 bits per heavy atom. The molecule has 10 heteroatoms. The number of aromatic nitrogens is 1. The summed E-state index contributed by atoms with van der Waals surface area (Å²) in [5, 5.41) is 0. The summed E-state index contributed by atoms with van der Waals surface area (Å²) in [6.07, 6.45) is -9.89. The Hall–Kier alpha value is -0.450. The Balaban J connectivity index is 3.43. The number of hydrogen-bond acceptors (Lipinski definition) is 2. The van der Waals surface area contributed by atoms with E-state index in [1.807, 2.05) is 0 Å². The third-order valence-corrected chi connectivity index (χ3v) is 2.93. The summed E-state index contributed by atoms with van der Waals surface area (Å²) in [5.41, 5.74) is -2.11. The minimum atomic E-state index is -5.24. The predicted octanol–water partition coefficient (Wildman–Crippen LogP) is 4.34. The van der Waals surface area contributed by atoms with Crippen molar-refractivity contribution in [3.05, 3.63) is 21.0 Å². The molecule has 1 aromatic heterocycles. The Labute approximate surface area is 115 Å². The van der Waals surface area contributed by atoms with Crippen molar-refractivity contribution in [3.63, 3.8) is 0 Å². The minimum absolute atomic E-state index is 0.135. The monoisotopic (exact) mass is 405 g/mol. The average molecular weight is 405 g/mol. The van der Waals surface area contributed by atoms with Crippen LogP contribution in [0.15, 0.2) is 6.20 Å². The Bertz CT molecular complexity index is 446. The lowest BCUT2D eigenvalue weighted by atomic mass is 10.1. The zero-order chi connectivity index (χ0) is 14.1. The van der Waals surface area contributed by atoms with Crippen molar-refractivity contribution in [2.24, 2.45) is 0 Å². The average Bonchev–Trinajstić information content (AvgIpc) is 2.16. The fourth-order valence-electron chi connectivity index (χ4n) is 1.14. The van der Waals surface area contributed by atoms with Crippen molar-refractivity contribution in [1.82, 2.24) is 4.98 Å². The lowest BCUT2D eigenvalue weighted by Crippen LogP contribution is -2.22. The maximum atomic E-state index is 12.7. The molecule has 0 saturated heterocycles. The zero-order valence-corrected chi connectivity index (χ0v) is 11.1. The van der Waals surface area contributed by atoms with Crippen molar-refractivity contribution in [3.8, 4) is 5.75 Å². The minimum Gasteiger partial charge on any atom is -0.403 e. The third kappa shape index (κ3) is 3.77. The van der Waals surface area contributed by atoms with Crippen LogP contribution in [0.1, 0.15) is 11.1 Å². The first-order valence-electron chi connectivity index (χ1n) is 4.12. The molecule has 2 nitrogen and oxygen atoms in total. The molecular formula is C8H3ClF6INO. The molecule has 0 aromatic carbocycles. The first-order chi connectivity index (χ1) is 8.06. The van der Waals surface area contributed by atoms with Crippen molar-refractivity contribution in [1.29, 1.82) is 0 Å². The van der Waals surface area contributed by atoms with Crippen LogP contribution in [-0.2, 0) is 12.1 Å². The number of nitrogens with zero attached hydrogens (tertiary/aromatic N) is 1. The lowest BCUT2D eigenvalue weighted by Gasteiger charge is -2.18. The molecule has 0 aliphatic heterocycles. The standard InChI is InChI=1S/C8H3ClF6INO/c9-1-3-5(7(10,11)12)4(2-17-6(3)16)18-8(13,14)15/h2H,1H2. The summed E-state index contributed by atoms with van der Waals surface area (Å²) in [4.78, 5) is 3.39. The van der Waals surface area contributed by atoms with E-state index in [1.165, 1.54) is 22.6 Å². The van der Waals surface area contributed by atoms with Crippen LogP contribution < -0.4 is 4.74 Å². The highest BCUT2D eigenvalue weighted by atomic mass is 127. The van der Waals surface area contributed by atoms with Gasteiger partial charge in [-0.05, 0) is 22.6 Å². The van der Waals surface area contributed by atoms with Gasteiger partial charge in [-0.3, -0.25) is 0 Å². The van der Waals surface area contributed by atoms with E-state index in [2.05, 4.69) is 9.72 Å². The second-order valence-electron chi connectivity index (χ2n) is 2.95. The van der Waals surface area contributed by atoms with E-state index in [0.717, 1.165) is 0 Å². The number of ether oxygens (including phenoxy) is 1. The molecule has 102 valence electrons. The number of rotatable bonds is 2. The van der Waals surface area contributed by atoms with Crippen LogP contribution in [0.25, 0.3) is 0 Å². The molecule has 0 amide bonds. The van der Waals surface area contributed by atoms with Crippen LogP contribution in [0.2, 0.25) is 0 Å². The van der Waals surface area contributed by atoms with Gasteiger partial charge in [0.2, 0.25) is 0 Å². The van der Waals surface area contributed by atoms with Gasteiger partial charge in [-0.25, -0.2) is 4.98 Å². The van der Waals surface area contributed by atoms with Crippen LogP contribution in [0, 0.1) is 3.70 Å². The molecule has 0 saturated carbocycles. The number of alkyl halides is 7. The molecule has 1 aromatic rings. The molecule has 0 spiro atoms. The quantitative estimate of drug-likeness (QED) is 0.316. The highest BCUT2D eigenvalue weighted by Gasteiger charge is 2.42. The van der Waals surface area contributed by atoms with Gasteiger partial charge in [-0.15, -0.1) is 24.8 Å². The molecule has 18 heavy (non-hydrogen) atoms. The van der Waals surface area contributed by atoms with Gasteiger partial charge in [0.1, 0.15) is 9.26 Å². The van der Waals surface area contributed by atoms with Gasteiger partial charge < -0.3 is 4.74 Å². The van der Waals surface area contributed by atoms with Crippen molar-refractivity contribution in [2.75, 3.05) is 0 Å². The van der Waals surface area contributed by atoms with E-state index >= 15 is 0 Å². The Kier molecular flexibility index (Phi) is 4.57. The van der Waals surface area contributed by atoms with Crippen molar-refractivity contribution >= 4 is 34.2 Å². The van der Waals surface area contributed by atoms with E-state index in [1.54, 1.807) is 0 Å². The maximum Gasteiger partial charge on any atom is 0.573 e. The highest BCUT2D eigenvalue weighted by molar-refractivity contribution is 14.1. The number of halogens is 8. The summed E-state index contributed by atoms with van der Waals surface area (Å²) < 4.78 is 77.3. The van der Waals surface area contributed by atoms with Gasteiger partial charge in [0, 0.05) is 5.56 Å². The van der Waals surface area contributed by atoms with Crippen LogP contribution in [-0.4, -0.2) is 11.3 Å². The molecule has 0 bridgehead atoms. The number of hydrogen-bond donors (Lipinski definition) is 0. The van der Waals surface area contributed by atoms with E-state index in [-0.39, 0.29) is 3.70 Å². The molecule has 1 rings (SSSR count). The molecule has 0 aliphatic rings. The highest BCUT2D eigenvalue weighted by Crippen LogP contribution is 2.41. The van der Waals surface area contributed by atoms with Gasteiger partial charge in [0.15, 0.2) is 5.75 Å². The predicted molar refractivity (Wildman–Crippen MR) is 58.2 cm³/mol. The maximum absolute atomic E-state index is 12.7. The summed E-state index contributed by atoms with van der Waals surface area (Å²) in [7, 11) is 0. The second-order valence-corrected chi connectivity index (χ2v) is 4.24. The Morgan fingerprint density at radius 1 is 1.22 bits per heavy atom. The molecule has 0 fully saturated rings. The number of pyridine rings is 1. The molecule has 0 N–H and O–H groups in total. The summed E-state index contributed by atoms with van der Waals surface area (Å²) in [6, 6.07) is 0. The van der Waals surface area contributed by atoms with Crippen LogP contribution in [0.3, 0.4) is 0 Å². The fraction of sp³-hybridized carbons (Fsp3) is 0.375. The fourth-order valence-corrected chi connectivity index (χ4v) is 2.23. The summed E-state index contributed by atoms with van der Waals surface area (Å²) >= 11 is 6.75. The first kappa shape index (κ1) is 15.6.